The summed E-state index contributed by atoms with van der Waals surface area (Å²) in [5, 5.41) is 21.7. The van der Waals surface area contributed by atoms with Crippen LogP contribution >= 0.6 is 11.9 Å². The number of anilines is 3. The normalized spacial score (nSPS) is 15.8. The standard InChI is InChI=1S/C29H31N7OS/c1-38-35-29(37)24-16-23(21-10-11-25(32-18-21)36-14-12-19(17-30)13-15-36)26(27(31)20-6-5-7-20)28(34-24)33-22-8-3-2-4-9-22/h2-4,8-11,16,18-20,31H,5-7,12-15H2,1H3,(H,33,34)(H,35,37). The predicted molar refractivity (Wildman–Crippen MR) is 153 cm³/mol. The Balaban J connectivity index is 1.57. The van der Waals surface area contributed by atoms with E-state index < -0.39 is 0 Å². The van der Waals surface area contributed by atoms with Gasteiger partial charge in [0.25, 0.3) is 5.91 Å². The van der Waals surface area contributed by atoms with Crippen molar-refractivity contribution >= 4 is 40.9 Å². The van der Waals surface area contributed by atoms with Crippen LogP contribution in [0.25, 0.3) is 11.1 Å². The number of nitrogens with one attached hydrogen (secondary N) is 3. The van der Waals surface area contributed by atoms with Gasteiger partial charge >= 0.3 is 0 Å². The second kappa shape index (κ2) is 11.7. The highest BCUT2D eigenvalue weighted by atomic mass is 32.2. The predicted octanol–water partition coefficient (Wildman–Crippen LogP) is 5.80. The summed E-state index contributed by atoms with van der Waals surface area (Å²) in [6.07, 6.45) is 8.38. The fourth-order valence-electron chi connectivity index (χ4n) is 4.93. The molecule has 0 radical (unpaired) electrons. The van der Waals surface area contributed by atoms with Crippen molar-refractivity contribution in [1.82, 2.24) is 14.7 Å². The SMILES string of the molecule is CSNC(=O)c1cc(-c2ccc(N3CCC(C#N)CC3)nc2)c(C(=N)C2CCC2)c(Nc2ccccc2)n1. The van der Waals surface area contributed by atoms with E-state index in [2.05, 4.69) is 21.0 Å². The molecule has 1 amide bonds. The average Bonchev–Trinajstić information content (AvgIpc) is 2.92. The number of nitriles is 1. The molecule has 0 bridgehead atoms. The number of carbonyl (C=O) groups excluding carboxylic acids is 1. The number of rotatable bonds is 8. The second-order valence-electron chi connectivity index (χ2n) is 9.74. The molecule has 5 rings (SSSR count). The van der Waals surface area contributed by atoms with Crippen molar-refractivity contribution in [2.24, 2.45) is 11.8 Å². The lowest BCUT2D eigenvalue weighted by Crippen LogP contribution is -2.33. The molecule has 1 saturated carbocycles. The van der Waals surface area contributed by atoms with Gasteiger partial charge in [-0.3, -0.25) is 9.52 Å². The maximum Gasteiger partial charge on any atom is 0.279 e. The van der Waals surface area contributed by atoms with Crippen molar-refractivity contribution in [3.05, 3.63) is 66.0 Å². The summed E-state index contributed by atoms with van der Waals surface area (Å²) < 4.78 is 2.77. The number of benzene rings is 1. The molecule has 194 valence electrons. The van der Waals surface area contributed by atoms with Crippen LogP contribution in [0.2, 0.25) is 0 Å². The van der Waals surface area contributed by atoms with Gasteiger partial charge in [0.2, 0.25) is 0 Å². The number of pyridine rings is 2. The fraction of sp³-hybridized carbons (Fsp3) is 0.345. The van der Waals surface area contributed by atoms with Gasteiger partial charge in [-0.2, -0.15) is 5.26 Å². The summed E-state index contributed by atoms with van der Waals surface area (Å²) in [6, 6.07) is 17.9. The Labute approximate surface area is 227 Å². The molecule has 2 aliphatic rings. The molecular weight excluding hydrogens is 494 g/mol. The molecule has 0 spiro atoms. The zero-order valence-corrected chi connectivity index (χ0v) is 22.2. The Morgan fingerprint density at radius 1 is 1.13 bits per heavy atom. The molecule has 0 unspecified atom stereocenters. The van der Waals surface area contributed by atoms with Gasteiger partial charge in [0.1, 0.15) is 17.3 Å². The van der Waals surface area contributed by atoms with Gasteiger partial charge in [0, 0.05) is 59.9 Å². The van der Waals surface area contributed by atoms with E-state index in [0.29, 0.717) is 17.1 Å². The number of amides is 1. The Kier molecular flexibility index (Phi) is 7.89. The number of nitrogens with zero attached hydrogens (tertiary/aromatic N) is 4. The first-order valence-electron chi connectivity index (χ1n) is 13.0. The van der Waals surface area contributed by atoms with E-state index >= 15 is 0 Å². The molecule has 9 heteroatoms. The minimum Gasteiger partial charge on any atom is -0.357 e. The van der Waals surface area contributed by atoms with E-state index in [9.17, 15) is 10.1 Å². The molecule has 2 aromatic heterocycles. The molecule has 38 heavy (non-hydrogen) atoms. The van der Waals surface area contributed by atoms with Crippen LogP contribution in [0.4, 0.5) is 17.3 Å². The lowest BCUT2D eigenvalue weighted by atomic mass is 9.78. The van der Waals surface area contributed by atoms with E-state index in [1.54, 1.807) is 12.3 Å². The third-order valence-corrected chi connectivity index (χ3v) is 7.72. The molecule has 1 aliphatic carbocycles. The Morgan fingerprint density at radius 2 is 1.89 bits per heavy atom. The lowest BCUT2D eigenvalue weighted by molar-refractivity contribution is 0.0980. The van der Waals surface area contributed by atoms with Gasteiger partial charge in [-0.25, -0.2) is 9.97 Å². The van der Waals surface area contributed by atoms with Crippen molar-refractivity contribution < 1.29 is 4.79 Å². The lowest BCUT2D eigenvalue weighted by Gasteiger charge is -2.30. The van der Waals surface area contributed by atoms with Crippen molar-refractivity contribution in [3.63, 3.8) is 0 Å². The van der Waals surface area contributed by atoms with Crippen LogP contribution in [-0.4, -0.2) is 40.9 Å². The molecule has 1 aromatic carbocycles. The van der Waals surface area contributed by atoms with Gasteiger partial charge in [0.05, 0.1) is 6.07 Å². The van der Waals surface area contributed by atoms with Crippen LogP contribution in [0, 0.1) is 28.6 Å². The summed E-state index contributed by atoms with van der Waals surface area (Å²) in [5.74, 6) is 1.37. The maximum absolute atomic E-state index is 12.9. The van der Waals surface area contributed by atoms with E-state index in [4.69, 9.17) is 15.4 Å². The van der Waals surface area contributed by atoms with Crippen LogP contribution in [0.1, 0.15) is 48.2 Å². The summed E-state index contributed by atoms with van der Waals surface area (Å²) in [7, 11) is 0. The first-order valence-corrected chi connectivity index (χ1v) is 14.2. The van der Waals surface area contributed by atoms with Crippen molar-refractivity contribution in [1.29, 1.82) is 10.7 Å². The fourth-order valence-corrected chi connectivity index (χ4v) is 5.22. The highest BCUT2D eigenvalue weighted by Crippen LogP contribution is 2.38. The van der Waals surface area contributed by atoms with E-state index in [0.717, 1.165) is 67.8 Å². The minimum atomic E-state index is -0.290. The summed E-state index contributed by atoms with van der Waals surface area (Å²) in [5.41, 5.74) is 3.96. The summed E-state index contributed by atoms with van der Waals surface area (Å²) >= 11 is 1.22. The molecule has 3 aromatic rings. The molecule has 2 fully saturated rings. The first-order chi connectivity index (χ1) is 18.6. The number of hydrogen-bond acceptors (Lipinski definition) is 8. The van der Waals surface area contributed by atoms with Crippen molar-refractivity contribution in [2.75, 3.05) is 29.6 Å². The highest BCUT2D eigenvalue weighted by Gasteiger charge is 2.29. The van der Waals surface area contributed by atoms with E-state index in [1.807, 2.05) is 48.7 Å². The van der Waals surface area contributed by atoms with Gasteiger partial charge in [-0.05, 0) is 61.6 Å². The third kappa shape index (κ3) is 5.50. The Bertz CT molecular complexity index is 1340. The number of carbonyl (C=O) groups is 1. The average molecular weight is 526 g/mol. The summed E-state index contributed by atoms with van der Waals surface area (Å²) in [4.78, 5) is 24.6. The number of hydrogen-bond donors (Lipinski definition) is 3. The molecule has 3 heterocycles. The van der Waals surface area contributed by atoms with Crippen molar-refractivity contribution in [3.8, 4) is 17.2 Å². The number of piperidine rings is 1. The smallest absolute Gasteiger partial charge is 0.279 e. The zero-order chi connectivity index (χ0) is 26.5. The molecule has 3 N–H and O–H groups in total. The second-order valence-corrected chi connectivity index (χ2v) is 10.4. The molecule has 1 saturated heterocycles. The van der Waals surface area contributed by atoms with Gasteiger partial charge in [-0.1, -0.05) is 36.6 Å². The monoisotopic (exact) mass is 525 g/mol. The van der Waals surface area contributed by atoms with Crippen LogP contribution in [0.15, 0.2) is 54.7 Å². The minimum absolute atomic E-state index is 0.115. The Hall–Kier alpha value is -3.90. The van der Waals surface area contributed by atoms with E-state index in [-0.39, 0.29) is 23.4 Å². The van der Waals surface area contributed by atoms with Crippen LogP contribution < -0.4 is 14.9 Å². The zero-order valence-electron chi connectivity index (χ0n) is 21.4. The molecule has 8 nitrogen and oxygen atoms in total. The van der Waals surface area contributed by atoms with Crippen molar-refractivity contribution in [2.45, 2.75) is 32.1 Å². The highest BCUT2D eigenvalue weighted by molar-refractivity contribution is 7.97. The summed E-state index contributed by atoms with van der Waals surface area (Å²) in [6.45, 7) is 1.61. The third-order valence-electron chi connectivity index (χ3n) is 7.33. The number of aromatic nitrogens is 2. The molecule has 0 atom stereocenters. The van der Waals surface area contributed by atoms with Gasteiger partial charge in [0.15, 0.2) is 0 Å². The Morgan fingerprint density at radius 3 is 2.50 bits per heavy atom. The van der Waals surface area contributed by atoms with Gasteiger partial charge < -0.3 is 15.6 Å². The van der Waals surface area contributed by atoms with E-state index in [1.165, 1.54) is 11.9 Å². The molecular formula is C29H31N7OS. The van der Waals surface area contributed by atoms with Crippen LogP contribution in [0.3, 0.4) is 0 Å². The number of para-hydroxylation sites is 1. The topological polar surface area (TPSA) is 118 Å². The quantitative estimate of drug-likeness (QED) is 0.251. The largest absolute Gasteiger partial charge is 0.357 e. The maximum atomic E-state index is 12.9. The van der Waals surface area contributed by atoms with Gasteiger partial charge in [-0.15, -0.1) is 0 Å². The molecule has 1 aliphatic heterocycles. The van der Waals surface area contributed by atoms with Crippen LogP contribution in [0.5, 0.6) is 0 Å². The van der Waals surface area contributed by atoms with Crippen LogP contribution in [-0.2, 0) is 0 Å². The first kappa shape index (κ1) is 25.7.